The highest BCUT2D eigenvalue weighted by Crippen LogP contribution is 2.20. The Balaban J connectivity index is 1.61. The molecule has 0 unspecified atom stereocenters. The molecule has 3 aromatic carbocycles. The Morgan fingerprint density at radius 2 is 1.61 bits per heavy atom. The first kappa shape index (κ1) is 19.1. The van der Waals surface area contributed by atoms with Crippen molar-refractivity contribution in [3.05, 3.63) is 102 Å². The monoisotopic (exact) mass is 370 g/mol. The summed E-state index contributed by atoms with van der Waals surface area (Å²) in [5, 5.41) is 5.43. The number of carbonyl (C=O) groups excluding carboxylic acids is 2. The summed E-state index contributed by atoms with van der Waals surface area (Å²) in [6, 6.07) is 25.3. The summed E-state index contributed by atoms with van der Waals surface area (Å²) in [5.41, 5.74) is 4.64. The predicted molar refractivity (Wildman–Crippen MR) is 113 cm³/mol. The van der Waals surface area contributed by atoms with Gasteiger partial charge in [0, 0.05) is 25.2 Å². The highest BCUT2D eigenvalue weighted by molar-refractivity contribution is 5.94. The lowest BCUT2D eigenvalue weighted by Crippen LogP contribution is -2.21. The van der Waals surface area contributed by atoms with E-state index >= 15 is 0 Å². The zero-order valence-electron chi connectivity index (χ0n) is 15.7. The molecule has 0 aliphatic heterocycles. The smallest absolute Gasteiger partial charge is 0.251 e. The van der Waals surface area contributed by atoms with Crippen LogP contribution in [0.15, 0.2) is 84.9 Å². The third kappa shape index (κ3) is 5.17. The fraction of sp³-hybridized carbons (Fsp3) is 0.0833. The van der Waals surface area contributed by atoms with Crippen LogP contribution in [0, 0.1) is 0 Å². The molecule has 2 amide bonds. The highest BCUT2D eigenvalue weighted by Gasteiger charge is 2.04. The summed E-state index contributed by atoms with van der Waals surface area (Å²) in [7, 11) is 1.59. The quantitative estimate of drug-likeness (QED) is 0.643. The summed E-state index contributed by atoms with van der Waals surface area (Å²) < 4.78 is 0. The van der Waals surface area contributed by atoms with E-state index in [1.54, 1.807) is 31.3 Å². The van der Waals surface area contributed by atoms with Crippen molar-refractivity contribution in [3.63, 3.8) is 0 Å². The third-order valence-electron chi connectivity index (χ3n) is 4.30. The topological polar surface area (TPSA) is 58.2 Å². The number of nitrogens with one attached hydrogen (secondary N) is 2. The van der Waals surface area contributed by atoms with E-state index < -0.39 is 0 Å². The Kier molecular flexibility index (Phi) is 6.37. The van der Waals surface area contributed by atoms with Crippen LogP contribution in [-0.2, 0) is 11.3 Å². The van der Waals surface area contributed by atoms with Crippen LogP contribution in [0.5, 0.6) is 0 Å². The Labute approximate surface area is 164 Å². The van der Waals surface area contributed by atoms with E-state index in [1.165, 1.54) is 6.08 Å². The third-order valence-corrected chi connectivity index (χ3v) is 4.30. The molecule has 4 nitrogen and oxygen atoms in total. The second kappa shape index (κ2) is 9.33. The summed E-state index contributed by atoms with van der Waals surface area (Å²) in [4.78, 5) is 23.8. The van der Waals surface area contributed by atoms with Crippen molar-refractivity contribution in [3.8, 4) is 11.1 Å². The molecule has 3 rings (SSSR count). The molecule has 0 saturated carbocycles. The summed E-state index contributed by atoms with van der Waals surface area (Å²) in [6.07, 6.45) is 3.31. The number of amides is 2. The standard InChI is InChI=1S/C24H22N2O2/c1-25-24(28)22-12-6-8-19(16-22)17-26-23(27)14-13-18-7-5-11-21(15-18)20-9-3-2-4-10-20/h2-16H,17H2,1H3,(H,25,28)(H,26,27). The normalized spacial score (nSPS) is 10.6. The van der Waals surface area contributed by atoms with Crippen molar-refractivity contribution >= 4 is 17.9 Å². The molecule has 0 aromatic heterocycles. The molecule has 0 bridgehead atoms. The molecule has 0 heterocycles. The second-order valence-corrected chi connectivity index (χ2v) is 6.32. The van der Waals surface area contributed by atoms with E-state index in [-0.39, 0.29) is 11.8 Å². The van der Waals surface area contributed by atoms with Crippen LogP contribution in [0.2, 0.25) is 0 Å². The first-order valence-electron chi connectivity index (χ1n) is 9.08. The van der Waals surface area contributed by atoms with Gasteiger partial charge in [-0.2, -0.15) is 0 Å². The van der Waals surface area contributed by atoms with Crippen molar-refractivity contribution in [1.82, 2.24) is 10.6 Å². The van der Waals surface area contributed by atoms with Gasteiger partial charge in [0.1, 0.15) is 0 Å². The lowest BCUT2D eigenvalue weighted by molar-refractivity contribution is -0.116. The summed E-state index contributed by atoms with van der Waals surface area (Å²) in [5.74, 6) is -0.332. The van der Waals surface area contributed by atoms with Crippen LogP contribution in [-0.4, -0.2) is 18.9 Å². The van der Waals surface area contributed by atoms with E-state index in [1.807, 2.05) is 48.5 Å². The van der Waals surface area contributed by atoms with Gasteiger partial charge in [0.25, 0.3) is 5.91 Å². The molecule has 140 valence electrons. The maximum absolute atomic E-state index is 12.1. The average molecular weight is 370 g/mol. The molecule has 0 spiro atoms. The summed E-state index contributed by atoms with van der Waals surface area (Å²) >= 11 is 0. The van der Waals surface area contributed by atoms with Crippen LogP contribution in [0.3, 0.4) is 0 Å². The number of hydrogen-bond acceptors (Lipinski definition) is 2. The van der Waals surface area contributed by atoms with Crippen LogP contribution < -0.4 is 10.6 Å². The van der Waals surface area contributed by atoms with Gasteiger partial charge >= 0.3 is 0 Å². The van der Waals surface area contributed by atoms with Gasteiger partial charge in [-0.1, -0.05) is 60.7 Å². The van der Waals surface area contributed by atoms with E-state index in [4.69, 9.17) is 0 Å². The Hall–Kier alpha value is -3.66. The van der Waals surface area contributed by atoms with Crippen molar-refractivity contribution in [2.75, 3.05) is 7.05 Å². The lowest BCUT2D eigenvalue weighted by atomic mass is 10.0. The van der Waals surface area contributed by atoms with Gasteiger partial charge in [0.15, 0.2) is 0 Å². The number of rotatable bonds is 6. The maximum Gasteiger partial charge on any atom is 0.251 e. The molecule has 0 fully saturated rings. The molecule has 0 aliphatic rings. The van der Waals surface area contributed by atoms with Crippen LogP contribution in [0.4, 0.5) is 0 Å². The number of carbonyl (C=O) groups is 2. The van der Waals surface area contributed by atoms with Gasteiger partial charge in [-0.15, -0.1) is 0 Å². The van der Waals surface area contributed by atoms with Gasteiger partial charge in [-0.25, -0.2) is 0 Å². The van der Waals surface area contributed by atoms with Crippen LogP contribution >= 0.6 is 0 Å². The molecule has 2 N–H and O–H groups in total. The van der Waals surface area contributed by atoms with Gasteiger partial charge in [-0.3, -0.25) is 9.59 Å². The van der Waals surface area contributed by atoms with Gasteiger partial charge in [0.2, 0.25) is 5.91 Å². The minimum atomic E-state index is -0.185. The minimum absolute atomic E-state index is 0.147. The molecule has 0 radical (unpaired) electrons. The largest absolute Gasteiger partial charge is 0.355 e. The molecular formula is C24H22N2O2. The number of hydrogen-bond donors (Lipinski definition) is 2. The Morgan fingerprint density at radius 1 is 0.857 bits per heavy atom. The zero-order valence-corrected chi connectivity index (χ0v) is 15.7. The SMILES string of the molecule is CNC(=O)c1cccc(CNC(=O)C=Cc2cccc(-c3ccccc3)c2)c1. The Morgan fingerprint density at radius 3 is 2.39 bits per heavy atom. The van der Waals surface area contributed by atoms with Crippen molar-refractivity contribution in [2.45, 2.75) is 6.54 Å². The molecular weight excluding hydrogens is 348 g/mol. The maximum atomic E-state index is 12.1. The molecule has 28 heavy (non-hydrogen) atoms. The van der Waals surface area contributed by atoms with E-state index in [0.29, 0.717) is 12.1 Å². The van der Waals surface area contributed by atoms with Crippen molar-refractivity contribution in [1.29, 1.82) is 0 Å². The fourth-order valence-corrected chi connectivity index (χ4v) is 2.84. The highest BCUT2D eigenvalue weighted by atomic mass is 16.2. The fourth-order valence-electron chi connectivity index (χ4n) is 2.84. The minimum Gasteiger partial charge on any atom is -0.355 e. The van der Waals surface area contributed by atoms with Gasteiger partial charge in [-0.05, 0) is 46.5 Å². The van der Waals surface area contributed by atoms with Crippen molar-refractivity contribution < 1.29 is 9.59 Å². The predicted octanol–water partition coefficient (Wildman–Crippen LogP) is 4.04. The van der Waals surface area contributed by atoms with E-state index in [2.05, 4.69) is 22.8 Å². The van der Waals surface area contributed by atoms with Crippen molar-refractivity contribution in [2.24, 2.45) is 0 Å². The zero-order chi connectivity index (χ0) is 19.8. The molecule has 0 aliphatic carbocycles. The van der Waals surface area contributed by atoms with Gasteiger partial charge in [0.05, 0.1) is 0 Å². The molecule has 4 heteroatoms. The lowest BCUT2D eigenvalue weighted by Gasteiger charge is -2.05. The molecule has 3 aromatic rings. The Bertz CT molecular complexity index is 994. The van der Waals surface area contributed by atoms with Crippen LogP contribution in [0.1, 0.15) is 21.5 Å². The molecule has 0 atom stereocenters. The summed E-state index contributed by atoms with van der Waals surface area (Å²) in [6.45, 7) is 0.359. The average Bonchev–Trinajstić information content (AvgIpc) is 2.76. The molecule has 0 saturated heterocycles. The van der Waals surface area contributed by atoms with E-state index in [9.17, 15) is 9.59 Å². The van der Waals surface area contributed by atoms with Gasteiger partial charge < -0.3 is 10.6 Å². The second-order valence-electron chi connectivity index (χ2n) is 6.32. The van der Waals surface area contributed by atoms with E-state index in [0.717, 1.165) is 22.3 Å². The van der Waals surface area contributed by atoms with Crippen LogP contribution in [0.25, 0.3) is 17.2 Å². The number of benzene rings is 3. The first-order chi connectivity index (χ1) is 13.7. The first-order valence-corrected chi connectivity index (χ1v) is 9.08.